The van der Waals surface area contributed by atoms with E-state index in [2.05, 4.69) is 206 Å². The van der Waals surface area contributed by atoms with E-state index in [9.17, 15) is 0 Å². The Kier molecular flexibility index (Phi) is 6.97. The van der Waals surface area contributed by atoms with E-state index < -0.39 is 0 Å². The van der Waals surface area contributed by atoms with E-state index in [0.717, 1.165) is 0 Å². The van der Waals surface area contributed by atoms with Gasteiger partial charge in [0.25, 0.3) is 0 Å². The maximum Gasteiger partial charge on any atom is -0.00262 e. The lowest BCUT2D eigenvalue weighted by Crippen LogP contribution is -1.91. The van der Waals surface area contributed by atoms with Crippen molar-refractivity contribution in [3.05, 3.63) is 206 Å². The molecule has 0 N–H and O–H groups in total. The number of hydrogen-bond donors (Lipinski definition) is 0. The highest BCUT2D eigenvalue weighted by molar-refractivity contribution is 6.22. The molecular weight excluding hydrogens is 649 g/mol. The first-order chi connectivity index (χ1) is 26.8. The molecule has 0 saturated carbocycles. The molecule has 0 heteroatoms. The third kappa shape index (κ3) is 4.92. The summed E-state index contributed by atoms with van der Waals surface area (Å²) in [6.07, 6.45) is 0. The number of fused-ring (bicyclic) bond motifs is 6. The van der Waals surface area contributed by atoms with E-state index in [-0.39, 0.29) is 0 Å². The molecule has 0 aromatic heterocycles. The normalized spacial score (nSPS) is 11.7. The maximum absolute atomic E-state index is 2.37. The predicted octanol–water partition coefficient (Wildman–Crippen LogP) is 15.3. The first-order valence-electron chi connectivity index (χ1n) is 18.7. The van der Waals surface area contributed by atoms with Crippen LogP contribution in [0.3, 0.4) is 0 Å². The molecule has 0 bridgehead atoms. The van der Waals surface area contributed by atoms with Crippen LogP contribution in [0.1, 0.15) is 0 Å². The number of benzene rings is 11. The molecule has 11 aromatic carbocycles. The lowest BCUT2D eigenvalue weighted by molar-refractivity contribution is 1.66. The molecule has 0 fully saturated rings. The van der Waals surface area contributed by atoms with Crippen LogP contribution in [0.15, 0.2) is 206 Å². The van der Waals surface area contributed by atoms with Crippen LogP contribution in [0.4, 0.5) is 0 Å². The van der Waals surface area contributed by atoms with Crippen molar-refractivity contribution in [3.8, 4) is 44.5 Å². The molecule has 0 unspecified atom stereocenters. The van der Waals surface area contributed by atoms with Gasteiger partial charge < -0.3 is 0 Å². The summed E-state index contributed by atoms with van der Waals surface area (Å²) in [6.45, 7) is 0. The van der Waals surface area contributed by atoms with Gasteiger partial charge in [-0.25, -0.2) is 0 Å². The molecule has 0 aliphatic rings. The first kappa shape index (κ1) is 30.6. The lowest BCUT2D eigenvalue weighted by atomic mass is 9.85. The van der Waals surface area contributed by atoms with Crippen molar-refractivity contribution in [2.75, 3.05) is 0 Å². The van der Waals surface area contributed by atoms with Gasteiger partial charge in [0.1, 0.15) is 0 Å². The van der Waals surface area contributed by atoms with E-state index in [1.807, 2.05) is 0 Å². The van der Waals surface area contributed by atoms with Crippen LogP contribution >= 0.6 is 0 Å². The summed E-state index contributed by atoms with van der Waals surface area (Å²) in [5.74, 6) is 0. The van der Waals surface area contributed by atoms with Crippen molar-refractivity contribution >= 4 is 64.6 Å². The van der Waals surface area contributed by atoms with Crippen molar-refractivity contribution in [2.24, 2.45) is 0 Å². The molecule has 0 aliphatic heterocycles. The minimum absolute atomic E-state index is 1.24. The summed E-state index contributed by atoms with van der Waals surface area (Å²) in [6, 6.07) is 76.1. The van der Waals surface area contributed by atoms with Crippen molar-refractivity contribution < 1.29 is 0 Å². The molecule has 0 amide bonds. The molecule has 0 radical (unpaired) electrons. The van der Waals surface area contributed by atoms with E-state index in [1.54, 1.807) is 0 Å². The van der Waals surface area contributed by atoms with Gasteiger partial charge in [-0.15, -0.1) is 0 Å². The van der Waals surface area contributed by atoms with Crippen molar-refractivity contribution in [1.29, 1.82) is 0 Å². The molecule has 250 valence electrons. The van der Waals surface area contributed by atoms with Crippen LogP contribution in [0.25, 0.3) is 109 Å². The highest BCUT2D eigenvalue weighted by atomic mass is 14.2. The average Bonchev–Trinajstić information content (AvgIpc) is 3.24. The summed E-state index contributed by atoms with van der Waals surface area (Å²) in [7, 11) is 0. The second-order valence-corrected chi connectivity index (χ2v) is 14.4. The highest BCUT2D eigenvalue weighted by Gasteiger charge is 2.17. The second kappa shape index (κ2) is 12.3. The van der Waals surface area contributed by atoms with Gasteiger partial charge in [-0.2, -0.15) is 0 Å². The Morgan fingerprint density at radius 2 is 0.481 bits per heavy atom. The lowest BCUT2D eigenvalue weighted by Gasteiger charge is -2.18. The van der Waals surface area contributed by atoms with Gasteiger partial charge in [0, 0.05) is 0 Å². The number of rotatable bonds is 4. The molecular formula is C54H34. The Morgan fingerprint density at radius 1 is 0.185 bits per heavy atom. The monoisotopic (exact) mass is 682 g/mol. The van der Waals surface area contributed by atoms with E-state index in [0.29, 0.717) is 0 Å². The van der Waals surface area contributed by atoms with Crippen LogP contribution in [0.5, 0.6) is 0 Å². The van der Waals surface area contributed by atoms with Gasteiger partial charge in [0.15, 0.2) is 0 Å². The first-order valence-corrected chi connectivity index (χ1v) is 18.7. The van der Waals surface area contributed by atoms with Gasteiger partial charge in [-0.3, -0.25) is 0 Å². The zero-order valence-electron chi connectivity index (χ0n) is 29.6. The highest BCUT2D eigenvalue weighted by Crippen LogP contribution is 2.45. The molecule has 0 spiro atoms. The maximum atomic E-state index is 2.37. The fourth-order valence-corrected chi connectivity index (χ4v) is 8.84. The topological polar surface area (TPSA) is 0 Å². The summed E-state index contributed by atoms with van der Waals surface area (Å²) in [4.78, 5) is 0. The Bertz CT molecular complexity index is 2990. The van der Waals surface area contributed by atoms with Gasteiger partial charge in [0.05, 0.1) is 0 Å². The molecule has 0 atom stereocenters. The van der Waals surface area contributed by atoms with E-state index in [4.69, 9.17) is 0 Å². The summed E-state index contributed by atoms with van der Waals surface area (Å²) in [5, 5.41) is 15.1. The zero-order valence-corrected chi connectivity index (χ0v) is 29.6. The third-order valence-electron chi connectivity index (χ3n) is 11.4. The van der Waals surface area contributed by atoms with Crippen LogP contribution in [-0.2, 0) is 0 Å². The summed E-state index contributed by atoms with van der Waals surface area (Å²) in [5.41, 5.74) is 10.1. The number of hydrogen-bond acceptors (Lipinski definition) is 0. The Balaban J connectivity index is 1.05. The Morgan fingerprint density at radius 3 is 0.870 bits per heavy atom. The van der Waals surface area contributed by atoms with E-state index in [1.165, 1.54) is 109 Å². The van der Waals surface area contributed by atoms with Gasteiger partial charge in [0.2, 0.25) is 0 Å². The zero-order chi connectivity index (χ0) is 35.6. The summed E-state index contributed by atoms with van der Waals surface area (Å²) >= 11 is 0. The minimum Gasteiger partial charge on any atom is -0.0616 e. The predicted molar refractivity (Wildman–Crippen MR) is 233 cm³/mol. The molecule has 0 heterocycles. The average molecular weight is 683 g/mol. The third-order valence-corrected chi connectivity index (χ3v) is 11.4. The minimum atomic E-state index is 1.24. The van der Waals surface area contributed by atoms with E-state index >= 15 is 0 Å². The smallest absolute Gasteiger partial charge is 0.00262 e. The van der Waals surface area contributed by atoms with Crippen molar-refractivity contribution in [2.45, 2.75) is 0 Å². The Hall–Kier alpha value is -7.02. The van der Waals surface area contributed by atoms with Gasteiger partial charge >= 0.3 is 0 Å². The van der Waals surface area contributed by atoms with Crippen LogP contribution in [0, 0.1) is 0 Å². The standard InChI is InChI=1S/C54H34/c1-3-15-45-35(11-1)13-9-21-47(45)41-27-23-39-33-43(29-25-37(39)31-41)53-49-17-5-7-19-51(49)54(52-20-8-6-18-50(52)53)44-30-26-38-32-42(28-24-40(38)34-44)48-22-10-14-36-12-2-4-16-46(36)48/h1-34H. The Labute approximate surface area is 314 Å². The van der Waals surface area contributed by atoms with Crippen LogP contribution in [0.2, 0.25) is 0 Å². The molecule has 0 saturated heterocycles. The molecule has 11 rings (SSSR count). The fraction of sp³-hybridized carbons (Fsp3) is 0. The molecule has 54 heavy (non-hydrogen) atoms. The fourth-order valence-electron chi connectivity index (χ4n) is 8.84. The summed E-state index contributed by atoms with van der Waals surface area (Å²) < 4.78 is 0. The second-order valence-electron chi connectivity index (χ2n) is 14.4. The molecule has 0 aliphatic carbocycles. The van der Waals surface area contributed by atoms with Crippen molar-refractivity contribution in [1.82, 2.24) is 0 Å². The molecule has 0 nitrogen and oxygen atoms in total. The SMILES string of the molecule is c1ccc2c(-c3ccc4cc(-c5c6ccccc6c(-c6ccc7cc(-c8cccc9ccccc89)ccc7c6)c6ccccc56)ccc4c3)cccc2c1. The van der Waals surface area contributed by atoms with Crippen molar-refractivity contribution in [3.63, 3.8) is 0 Å². The molecule has 11 aromatic rings. The van der Waals surface area contributed by atoms with Gasteiger partial charge in [-0.1, -0.05) is 182 Å². The quantitative estimate of drug-likeness (QED) is 0.162. The van der Waals surface area contributed by atoms with Crippen LogP contribution < -0.4 is 0 Å². The largest absolute Gasteiger partial charge is 0.0616 e. The van der Waals surface area contributed by atoms with Crippen LogP contribution in [-0.4, -0.2) is 0 Å². The van der Waals surface area contributed by atoms with Gasteiger partial charge in [-0.05, 0) is 133 Å².